The number of methoxy groups -OCH3 is 1. The molecule has 0 saturated carbocycles. The van der Waals surface area contributed by atoms with E-state index in [9.17, 15) is 18.0 Å². The van der Waals surface area contributed by atoms with Crippen LogP contribution in [0, 0.1) is 0 Å². The molecule has 8 nitrogen and oxygen atoms in total. The number of carbonyl (C=O) groups is 2. The molecule has 33 heavy (non-hydrogen) atoms. The monoisotopic (exact) mass is 491 g/mol. The molecule has 0 radical (unpaired) electrons. The molecule has 2 aliphatic rings. The lowest BCUT2D eigenvalue weighted by molar-refractivity contribution is 0.0602. The summed E-state index contributed by atoms with van der Waals surface area (Å²) in [5.74, 6) is -1.01. The van der Waals surface area contributed by atoms with Gasteiger partial charge in [0.15, 0.2) is 0 Å². The third kappa shape index (κ3) is 5.07. The van der Waals surface area contributed by atoms with Crippen LogP contribution in [0.3, 0.4) is 0 Å². The lowest BCUT2D eigenvalue weighted by Gasteiger charge is -2.33. The molecule has 3 heterocycles. The van der Waals surface area contributed by atoms with Crippen molar-refractivity contribution in [1.29, 1.82) is 0 Å². The Morgan fingerprint density at radius 1 is 0.970 bits per heavy atom. The number of anilines is 2. The molecule has 4 rings (SSSR count). The second-order valence-electron chi connectivity index (χ2n) is 8.30. The van der Waals surface area contributed by atoms with Crippen molar-refractivity contribution in [1.82, 2.24) is 4.31 Å². The number of hydrogen-bond acceptors (Lipinski definition) is 7. The molecule has 178 valence electrons. The summed E-state index contributed by atoms with van der Waals surface area (Å²) in [4.78, 5) is 27.3. The van der Waals surface area contributed by atoms with Gasteiger partial charge in [0.1, 0.15) is 9.90 Å². The van der Waals surface area contributed by atoms with Gasteiger partial charge in [-0.05, 0) is 61.7 Å². The molecule has 10 heteroatoms. The van der Waals surface area contributed by atoms with Crippen LogP contribution in [0.4, 0.5) is 10.7 Å². The van der Waals surface area contributed by atoms with Crippen LogP contribution in [0.25, 0.3) is 0 Å². The van der Waals surface area contributed by atoms with E-state index in [1.54, 1.807) is 23.6 Å². The van der Waals surface area contributed by atoms with Crippen LogP contribution in [0.15, 0.2) is 34.5 Å². The van der Waals surface area contributed by atoms with E-state index in [1.165, 1.54) is 28.8 Å². The maximum atomic E-state index is 13.6. The molecule has 2 saturated heterocycles. The number of nitrogens with zero attached hydrogens (tertiary/aromatic N) is 2. The Bertz CT molecular complexity index is 1120. The fourth-order valence-electron chi connectivity index (χ4n) is 4.35. The van der Waals surface area contributed by atoms with Gasteiger partial charge >= 0.3 is 5.97 Å². The number of thiophene rings is 1. The van der Waals surface area contributed by atoms with Gasteiger partial charge in [-0.15, -0.1) is 11.3 Å². The van der Waals surface area contributed by atoms with E-state index in [0.717, 1.165) is 51.6 Å². The predicted octanol–water partition coefficient (Wildman–Crippen LogP) is 3.95. The summed E-state index contributed by atoms with van der Waals surface area (Å²) in [5.41, 5.74) is 1.15. The lowest BCUT2D eigenvalue weighted by Crippen LogP contribution is -2.37. The maximum Gasteiger partial charge on any atom is 0.340 e. The number of rotatable bonds is 6. The van der Waals surface area contributed by atoms with Gasteiger partial charge in [0, 0.05) is 31.7 Å². The first-order valence-electron chi connectivity index (χ1n) is 11.3. The topological polar surface area (TPSA) is 96.0 Å². The zero-order chi connectivity index (χ0) is 23.4. The van der Waals surface area contributed by atoms with Crippen LogP contribution in [0.2, 0.25) is 0 Å². The lowest BCUT2D eigenvalue weighted by atomic mass is 10.1. The van der Waals surface area contributed by atoms with E-state index in [4.69, 9.17) is 4.74 Å². The first kappa shape index (κ1) is 23.7. The molecule has 0 unspecified atom stereocenters. The van der Waals surface area contributed by atoms with E-state index < -0.39 is 21.9 Å². The fraction of sp³-hybridized carbons (Fsp3) is 0.478. The molecular formula is C23H29N3O5S2. The summed E-state index contributed by atoms with van der Waals surface area (Å²) in [6.07, 6.45) is 5.87. The van der Waals surface area contributed by atoms with Crippen molar-refractivity contribution in [3.05, 3.63) is 40.8 Å². The average Bonchev–Trinajstić information content (AvgIpc) is 3.32. The Hall–Kier alpha value is -2.43. The number of hydrogen-bond donors (Lipinski definition) is 1. The zero-order valence-corrected chi connectivity index (χ0v) is 20.3. The van der Waals surface area contributed by atoms with Gasteiger partial charge in [-0.2, -0.15) is 4.31 Å². The van der Waals surface area contributed by atoms with E-state index in [2.05, 4.69) is 10.2 Å². The average molecular weight is 492 g/mol. The van der Waals surface area contributed by atoms with Gasteiger partial charge in [-0.3, -0.25) is 4.79 Å². The van der Waals surface area contributed by atoms with Crippen molar-refractivity contribution in [3.8, 4) is 0 Å². The number of piperidine rings is 2. The highest BCUT2D eigenvalue weighted by molar-refractivity contribution is 7.89. The second-order valence-corrected chi connectivity index (χ2v) is 11.1. The molecule has 0 aliphatic carbocycles. The van der Waals surface area contributed by atoms with Gasteiger partial charge in [-0.1, -0.05) is 6.42 Å². The first-order chi connectivity index (χ1) is 15.9. The quantitative estimate of drug-likeness (QED) is 0.615. The normalized spacial score (nSPS) is 17.5. The van der Waals surface area contributed by atoms with Crippen molar-refractivity contribution in [2.45, 2.75) is 43.4 Å². The van der Waals surface area contributed by atoms with Gasteiger partial charge in [0.05, 0.1) is 18.4 Å². The van der Waals surface area contributed by atoms with Gasteiger partial charge < -0.3 is 15.0 Å². The number of ether oxygens (including phenoxy) is 1. The summed E-state index contributed by atoms with van der Waals surface area (Å²) < 4.78 is 33.6. The number of sulfonamides is 1. The molecular weight excluding hydrogens is 462 g/mol. The summed E-state index contributed by atoms with van der Waals surface area (Å²) in [6.45, 7) is 2.59. The molecule has 2 aromatic rings. The second kappa shape index (κ2) is 10.2. The minimum absolute atomic E-state index is 0.179. The number of nitrogens with one attached hydrogen (secondary N) is 1. The molecule has 0 atom stereocenters. The molecule has 1 N–H and O–H groups in total. The Balaban J connectivity index is 1.68. The highest BCUT2D eigenvalue weighted by atomic mass is 32.2. The standard InChI is InChI=1S/C23H29N3O5S2/c1-31-23(28)18-10-15-32-22(18)24-21(27)17-8-9-19(25-11-4-2-5-12-25)20(16-17)33(29,30)26-13-6-3-7-14-26/h8-10,15-16H,2-7,11-14H2,1H3,(H,24,27). The van der Waals surface area contributed by atoms with Crippen LogP contribution in [0.1, 0.15) is 59.2 Å². The number of amides is 1. The summed E-state index contributed by atoms with van der Waals surface area (Å²) in [7, 11) is -2.47. The number of carbonyl (C=O) groups excluding carboxylic acids is 2. The summed E-state index contributed by atoms with van der Waals surface area (Å²) >= 11 is 1.21. The first-order valence-corrected chi connectivity index (χ1v) is 13.6. The zero-order valence-electron chi connectivity index (χ0n) is 18.7. The van der Waals surface area contributed by atoms with Gasteiger partial charge in [0.25, 0.3) is 5.91 Å². The Kier molecular flexibility index (Phi) is 7.35. The number of benzene rings is 1. The van der Waals surface area contributed by atoms with Crippen molar-refractivity contribution in [2.24, 2.45) is 0 Å². The maximum absolute atomic E-state index is 13.6. The molecule has 1 aromatic heterocycles. The largest absolute Gasteiger partial charge is 0.465 e. The third-order valence-corrected chi connectivity index (χ3v) is 8.91. The highest BCUT2D eigenvalue weighted by Crippen LogP contribution is 2.33. The molecule has 0 bridgehead atoms. The van der Waals surface area contributed by atoms with Crippen molar-refractivity contribution in [3.63, 3.8) is 0 Å². The van der Waals surface area contributed by atoms with E-state index in [-0.39, 0.29) is 16.0 Å². The molecule has 0 spiro atoms. The Morgan fingerprint density at radius 2 is 1.64 bits per heavy atom. The molecule has 1 amide bonds. The van der Waals surface area contributed by atoms with E-state index in [1.807, 2.05) is 0 Å². The smallest absolute Gasteiger partial charge is 0.340 e. The molecule has 2 fully saturated rings. The summed E-state index contributed by atoms with van der Waals surface area (Å²) in [5, 5.41) is 4.79. The summed E-state index contributed by atoms with van der Waals surface area (Å²) in [6, 6.07) is 6.46. The predicted molar refractivity (Wildman–Crippen MR) is 129 cm³/mol. The molecule has 2 aliphatic heterocycles. The highest BCUT2D eigenvalue weighted by Gasteiger charge is 2.31. The van der Waals surface area contributed by atoms with Crippen LogP contribution < -0.4 is 10.2 Å². The Morgan fingerprint density at radius 3 is 2.30 bits per heavy atom. The van der Waals surface area contributed by atoms with E-state index in [0.29, 0.717) is 23.8 Å². The van der Waals surface area contributed by atoms with Crippen molar-refractivity contribution < 1.29 is 22.7 Å². The van der Waals surface area contributed by atoms with Gasteiger partial charge in [0.2, 0.25) is 10.0 Å². The van der Waals surface area contributed by atoms with Crippen LogP contribution in [-0.2, 0) is 14.8 Å². The SMILES string of the molecule is COC(=O)c1ccsc1NC(=O)c1ccc(N2CCCCC2)c(S(=O)(=O)N2CCCCC2)c1. The number of esters is 1. The Labute approximate surface area is 198 Å². The fourth-order valence-corrected chi connectivity index (χ4v) is 6.88. The molecule has 1 aromatic carbocycles. The van der Waals surface area contributed by atoms with Crippen molar-refractivity contribution >= 4 is 43.9 Å². The van der Waals surface area contributed by atoms with Crippen LogP contribution in [-0.4, -0.2) is 57.9 Å². The van der Waals surface area contributed by atoms with Gasteiger partial charge in [-0.25, -0.2) is 13.2 Å². The van der Waals surface area contributed by atoms with Crippen molar-refractivity contribution in [2.75, 3.05) is 43.5 Å². The van der Waals surface area contributed by atoms with Crippen LogP contribution in [0.5, 0.6) is 0 Å². The minimum atomic E-state index is -3.75. The van der Waals surface area contributed by atoms with E-state index >= 15 is 0 Å². The van der Waals surface area contributed by atoms with Crippen LogP contribution >= 0.6 is 11.3 Å². The minimum Gasteiger partial charge on any atom is -0.465 e. The third-order valence-electron chi connectivity index (χ3n) is 6.15.